The molecule has 51 heavy (non-hydrogen) atoms. The Morgan fingerprint density at radius 1 is 0.647 bits per heavy atom. The molecule has 1 rings (SSSR count). The molecule has 1 fully saturated rings. The highest BCUT2D eigenvalue weighted by atomic mass is 16.7. The van der Waals surface area contributed by atoms with E-state index in [2.05, 4.69) is 31.3 Å². The van der Waals surface area contributed by atoms with Crippen molar-refractivity contribution < 1.29 is 39.8 Å². The monoisotopic (exact) mass is 726 g/mol. The van der Waals surface area contributed by atoms with Crippen molar-refractivity contribution in [2.75, 3.05) is 13.2 Å². The Hall–Kier alpha value is -1.33. The number of nitrogens with one attached hydrogen (secondary N) is 1. The molecule has 0 aromatic heterocycles. The minimum atomic E-state index is -1.56. The average Bonchev–Trinajstić information content (AvgIpc) is 3.13. The number of carbonyl (C=O) groups is 1. The molecular formula is C42H79NO8. The highest BCUT2D eigenvalue weighted by molar-refractivity contribution is 5.76. The molecule has 0 bridgehead atoms. The molecule has 0 aromatic rings. The first-order valence-electron chi connectivity index (χ1n) is 21.1. The number of hydrogen-bond donors (Lipinski definition) is 6. The summed E-state index contributed by atoms with van der Waals surface area (Å²) < 4.78 is 11.2. The van der Waals surface area contributed by atoms with E-state index in [1.54, 1.807) is 6.08 Å². The van der Waals surface area contributed by atoms with Gasteiger partial charge in [-0.2, -0.15) is 0 Å². The second-order valence-electron chi connectivity index (χ2n) is 14.8. The van der Waals surface area contributed by atoms with Gasteiger partial charge in [-0.25, -0.2) is 0 Å². The molecular weight excluding hydrogens is 646 g/mol. The van der Waals surface area contributed by atoms with Gasteiger partial charge in [-0.15, -0.1) is 0 Å². The topological polar surface area (TPSA) is 149 Å². The zero-order valence-electron chi connectivity index (χ0n) is 32.6. The van der Waals surface area contributed by atoms with Crippen molar-refractivity contribution in [1.82, 2.24) is 5.32 Å². The molecule has 1 aliphatic heterocycles. The molecule has 1 saturated heterocycles. The number of hydrogen-bond acceptors (Lipinski definition) is 8. The number of carbonyl (C=O) groups excluding carboxylic acids is 1. The van der Waals surface area contributed by atoms with Gasteiger partial charge in [0.1, 0.15) is 24.4 Å². The van der Waals surface area contributed by atoms with Gasteiger partial charge in [0, 0.05) is 6.42 Å². The number of rotatable bonds is 34. The van der Waals surface area contributed by atoms with Crippen molar-refractivity contribution in [2.24, 2.45) is 0 Å². The van der Waals surface area contributed by atoms with Crippen LogP contribution in [0.1, 0.15) is 181 Å². The Bertz CT molecular complexity index is 853. The molecule has 7 atom stereocenters. The van der Waals surface area contributed by atoms with Gasteiger partial charge in [0.15, 0.2) is 6.29 Å². The minimum Gasteiger partial charge on any atom is -0.394 e. The predicted octanol–water partition coefficient (Wildman–Crippen LogP) is 7.94. The average molecular weight is 726 g/mol. The fraction of sp³-hybridized carbons (Fsp3) is 0.881. The van der Waals surface area contributed by atoms with Gasteiger partial charge in [-0.1, -0.05) is 160 Å². The first-order valence-corrected chi connectivity index (χ1v) is 21.1. The van der Waals surface area contributed by atoms with E-state index >= 15 is 0 Å². The van der Waals surface area contributed by atoms with Crippen LogP contribution in [0.5, 0.6) is 0 Å². The third kappa shape index (κ3) is 24.6. The lowest BCUT2D eigenvalue weighted by Gasteiger charge is -2.40. The Labute approximate surface area is 311 Å². The summed E-state index contributed by atoms with van der Waals surface area (Å²) in [6.45, 7) is 3.69. The van der Waals surface area contributed by atoms with Gasteiger partial charge < -0.3 is 40.3 Å². The maximum Gasteiger partial charge on any atom is 0.220 e. The van der Waals surface area contributed by atoms with E-state index in [1.165, 1.54) is 96.3 Å². The Balaban J connectivity index is 2.38. The molecule has 9 nitrogen and oxygen atoms in total. The fourth-order valence-corrected chi connectivity index (χ4v) is 6.57. The highest BCUT2D eigenvalue weighted by Crippen LogP contribution is 2.22. The highest BCUT2D eigenvalue weighted by Gasteiger charge is 2.44. The molecule has 0 aromatic carbocycles. The van der Waals surface area contributed by atoms with Gasteiger partial charge >= 0.3 is 0 Å². The van der Waals surface area contributed by atoms with Crippen LogP contribution in [0, 0.1) is 0 Å². The van der Waals surface area contributed by atoms with E-state index in [0.717, 1.165) is 64.2 Å². The van der Waals surface area contributed by atoms with E-state index in [0.29, 0.717) is 6.42 Å². The van der Waals surface area contributed by atoms with Gasteiger partial charge in [0.05, 0.1) is 25.4 Å². The zero-order valence-corrected chi connectivity index (χ0v) is 32.6. The van der Waals surface area contributed by atoms with E-state index in [9.17, 15) is 30.3 Å². The quantitative estimate of drug-likeness (QED) is 0.0289. The van der Waals surface area contributed by atoms with Crippen molar-refractivity contribution in [1.29, 1.82) is 0 Å². The van der Waals surface area contributed by atoms with Crippen LogP contribution >= 0.6 is 0 Å². The van der Waals surface area contributed by atoms with Crippen molar-refractivity contribution in [3.05, 3.63) is 24.3 Å². The van der Waals surface area contributed by atoms with E-state index in [4.69, 9.17) is 9.47 Å². The summed E-state index contributed by atoms with van der Waals surface area (Å²) in [4.78, 5) is 12.8. The van der Waals surface area contributed by atoms with E-state index < -0.39 is 49.5 Å². The molecule has 0 aliphatic carbocycles. The van der Waals surface area contributed by atoms with Gasteiger partial charge in [-0.05, 0) is 38.5 Å². The van der Waals surface area contributed by atoms with Crippen LogP contribution in [0.4, 0.5) is 0 Å². The standard InChI is InChI=1S/C42H79NO8/c1-3-5-7-9-11-13-15-16-17-18-19-20-21-22-23-25-27-29-31-36(45)35(34-50-42-41(49)40(48)39(47)37(33-44)51-42)43-38(46)32-30-28-26-24-14-12-10-8-6-4-2/h8,10,29,31,35-37,39-42,44-45,47-49H,3-7,9,11-28,30,32-34H2,1-2H3,(H,43,46)/b10-8-,31-29+. The second kappa shape index (κ2) is 33.3. The van der Waals surface area contributed by atoms with Crippen molar-refractivity contribution in [3.63, 3.8) is 0 Å². The predicted molar refractivity (Wildman–Crippen MR) is 207 cm³/mol. The lowest BCUT2D eigenvalue weighted by atomic mass is 9.99. The molecule has 0 radical (unpaired) electrons. The molecule has 6 N–H and O–H groups in total. The van der Waals surface area contributed by atoms with Gasteiger partial charge in [0.25, 0.3) is 0 Å². The van der Waals surface area contributed by atoms with E-state index in [1.807, 2.05) is 6.08 Å². The summed E-state index contributed by atoms with van der Waals surface area (Å²) in [6, 6.07) is -0.804. The molecule has 1 amide bonds. The number of unbranched alkanes of at least 4 members (excludes halogenated alkanes) is 22. The largest absolute Gasteiger partial charge is 0.394 e. The van der Waals surface area contributed by atoms with E-state index in [-0.39, 0.29) is 12.5 Å². The summed E-state index contributed by atoms with van der Waals surface area (Å²) in [5, 5.41) is 54.0. The van der Waals surface area contributed by atoms with Crippen molar-refractivity contribution in [3.8, 4) is 0 Å². The third-order valence-electron chi connectivity index (χ3n) is 10.0. The summed E-state index contributed by atoms with van der Waals surface area (Å²) in [5.74, 6) is -0.190. The van der Waals surface area contributed by atoms with Crippen LogP contribution in [-0.4, -0.2) is 87.5 Å². The second-order valence-corrected chi connectivity index (χ2v) is 14.8. The number of ether oxygens (including phenoxy) is 2. The van der Waals surface area contributed by atoms with Crippen LogP contribution in [-0.2, 0) is 14.3 Å². The van der Waals surface area contributed by atoms with Crippen molar-refractivity contribution >= 4 is 5.91 Å². The molecule has 0 spiro atoms. The maximum atomic E-state index is 12.8. The summed E-state index contributed by atoms with van der Waals surface area (Å²) in [7, 11) is 0. The normalized spacial score (nSPS) is 22.2. The van der Waals surface area contributed by atoms with Crippen molar-refractivity contribution in [2.45, 2.75) is 224 Å². The Kier molecular flexibility index (Phi) is 31.1. The summed E-state index contributed by atoms with van der Waals surface area (Å²) in [6.07, 6.45) is 30.8. The smallest absolute Gasteiger partial charge is 0.220 e. The minimum absolute atomic E-state index is 0.190. The van der Waals surface area contributed by atoms with Crippen LogP contribution in [0.2, 0.25) is 0 Å². The molecule has 300 valence electrons. The Morgan fingerprint density at radius 3 is 1.67 bits per heavy atom. The lowest BCUT2D eigenvalue weighted by molar-refractivity contribution is -0.302. The van der Waals surface area contributed by atoms with Crippen LogP contribution in [0.3, 0.4) is 0 Å². The van der Waals surface area contributed by atoms with Crippen LogP contribution in [0.25, 0.3) is 0 Å². The third-order valence-corrected chi connectivity index (χ3v) is 10.0. The molecule has 1 heterocycles. The first-order chi connectivity index (χ1) is 24.8. The van der Waals surface area contributed by atoms with Crippen LogP contribution in [0.15, 0.2) is 24.3 Å². The number of allylic oxidation sites excluding steroid dienone is 3. The Morgan fingerprint density at radius 2 is 1.14 bits per heavy atom. The summed E-state index contributed by atoms with van der Waals surface area (Å²) in [5.41, 5.74) is 0. The van der Waals surface area contributed by atoms with Gasteiger partial charge in [0.2, 0.25) is 5.91 Å². The molecule has 9 heteroatoms. The first kappa shape index (κ1) is 47.7. The molecule has 0 saturated carbocycles. The van der Waals surface area contributed by atoms with Gasteiger partial charge in [-0.3, -0.25) is 4.79 Å². The zero-order chi connectivity index (χ0) is 37.4. The van der Waals surface area contributed by atoms with Crippen LogP contribution < -0.4 is 5.32 Å². The maximum absolute atomic E-state index is 12.8. The molecule has 7 unspecified atom stereocenters. The molecule has 1 aliphatic rings. The fourth-order valence-electron chi connectivity index (χ4n) is 6.57. The number of aliphatic hydroxyl groups excluding tert-OH is 5. The SMILES string of the molecule is CCC/C=C\CCCCCCCC(=O)NC(COC1OC(CO)C(O)C(O)C1O)C(O)/C=C/CCCCCCCCCCCCCCCCCC. The summed E-state index contributed by atoms with van der Waals surface area (Å²) >= 11 is 0. The number of amides is 1. The number of aliphatic hydroxyl groups is 5. The lowest BCUT2D eigenvalue weighted by Crippen LogP contribution is -2.60.